The highest BCUT2D eigenvalue weighted by molar-refractivity contribution is 5.83. The summed E-state index contributed by atoms with van der Waals surface area (Å²) in [4.78, 5) is 4.03. The van der Waals surface area contributed by atoms with Crippen molar-refractivity contribution >= 4 is 10.9 Å². The van der Waals surface area contributed by atoms with E-state index >= 15 is 0 Å². The average Bonchev–Trinajstić information content (AvgIpc) is 2.91. The van der Waals surface area contributed by atoms with Crippen LogP contribution in [-0.4, -0.2) is 21.9 Å². The Bertz CT molecular complexity index is 784. The molecule has 0 unspecified atom stereocenters. The first-order valence-electron chi connectivity index (χ1n) is 6.14. The molecule has 5 heteroatoms. The van der Waals surface area contributed by atoms with Gasteiger partial charge in [-0.25, -0.2) is 0 Å². The summed E-state index contributed by atoms with van der Waals surface area (Å²) in [7, 11) is 1.64. The lowest BCUT2D eigenvalue weighted by atomic mass is 10.2. The minimum Gasteiger partial charge on any atom is -0.497 e. The Balaban J connectivity index is 2.00. The molecular weight excluding hydrogens is 252 g/mol. The number of hydrogen-bond donors (Lipinski definition) is 0. The van der Waals surface area contributed by atoms with Gasteiger partial charge in [-0.05, 0) is 17.7 Å². The van der Waals surface area contributed by atoms with Gasteiger partial charge in [-0.3, -0.25) is 9.67 Å². The van der Waals surface area contributed by atoms with Gasteiger partial charge < -0.3 is 4.74 Å². The molecule has 98 valence electrons. The highest BCUT2D eigenvalue weighted by Crippen LogP contribution is 2.18. The first kappa shape index (κ1) is 12.2. The number of rotatable bonds is 3. The van der Waals surface area contributed by atoms with E-state index in [0.717, 1.165) is 22.2 Å². The maximum atomic E-state index is 9.17. The molecule has 0 aliphatic heterocycles. The molecule has 0 N–H and O–H groups in total. The second kappa shape index (κ2) is 5.02. The molecule has 0 atom stereocenters. The van der Waals surface area contributed by atoms with Gasteiger partial charge in [0.15, 0.2) is 0 Å². The number of fused-ring (bicyclic) bond motifs is 1. The van der Waals surface area contributed by atoms with Crippen molar-refractivity contribution in [2.24, 2.45) is 0 Å². The molecule has 2 aromatic heterocycles. The molecule has 0 aliphatic carbocycles. The minimum absolute atomic E-state index is 0.536. The van der Waals surface area contributed by atoms with E-state index in [1.807, 2.05) is 28.9 Å². The summed E-state index contributed by atoms with van der Waals surface area (Å²) in [6, 6.07) is 9.95. The van der Waals surface area contributed by atoms with Crippen molar-refractivity contribution in [1.82, 2.24) is 14.8 Å². The number of methoxy groups -OCH3 is 1. The maximum Gasteiger partial charge on any atom is 0.118 e. The molecule has 0 fully saturated rings. The lowest BCUT2D eigenvalue weighted by Gasteiger charge is -2.06. The molecule has 0 saturated carbocycles. The Morgan fingerprint density at radius 2 is 2.00 bits per heavy atom. The van der Waals surface area contributed by atoms with Crippen LogP contribution in [0, 0.1) is 11.3 Å². The van der Waals surface area contributed by atoms with Crippen molar-refractivity contribution in [3.63, 3.8) is 0 Å². The van der Waals surface area contributed by atoms with Gasteiger partial charge in [0, 0.05) is 17.8 Å². The summed E-state index contributed by atoms with van der Waals surface area (Å²) >= 11 is 0. The van der Waals surface area contributed by atoms with E-state index < -0.39 is 0 Å². The molecular formula is C15H12N4O. The highest BCUT2D eigenvalue weighted by atomic mass is 16.5. The van der Waals surface area contributed by atoms with Crippen molar-refractivity contribution in [1.29, 1.82) is 5.26 Å². The van der Waals surface area contributed by atoms with E-state index in [-0.39, 0.29) is 0 Å². The van der Waals surface area contributed by atoms with Gasteiger partial charge in [0.1, 0.15) is 11.8 Å². The molecule has 3 rings (SSSR count). The number of ether oxygens (including phenoxy) is 1. The van der Waals surface area contributed by atoms with E-state index in [2.05, 4.69) is 16.2 Å². The first-order valence-corrected chi connectivity index (χ1v) is 6.14. The van der Waals surface area contributed by atoms with Crippen molar-refractivity contribution < 1.29 is 4.74 Å². The van der Waals surface area contributed by atoms with Crippen LogP contribution in [0.15, 0.2) is 42.9 Å². The number of nitriles is 1. The summed E-state index contributed by atoms with van der Waals surface area (Å²) in [5.41, 5.74) is 2.45. The zero-order chi connectivity index (χ0) is 13.9. The fourth-order valence-corrected chi connectivity index (χ4v) is 2.15. The van der Waals surface area contributed by atoms with Crippen LogP contribution < -0.4 is 4.74 Å². The van der Waals surface area contributed by atoms with Crippen LogP contribution in [-0.2, 0) is 6.54 Å². The second-order valence-electron chi connectivity index (χ2n) is 4.39. The van der Waals surface area contributed by atoms with Gasteiger partial charge in [-0.15, -0.1) is 0 Å². The number of nitrogens with zero attached hydrogens (tertiary/aromatic N) is 4. The van der Waals surface area contributed by atoms with Crippen molar-refractivity contribution in [3.05, 3.63) is 54.0 Å². The van der Waals surface area contributed by atoms with Gasteiger partial charge in [0.05, 0.1) is 30.9 Å². The molecule has 0 bridgehead atoms. The highest BCUT2D eigenvalue weighted by Gasteiger charge is 2.08. The van der Waals surface area contributed by atoms with Gasteiger partial charge in [-0.2, -0.15) is 10.4 Å². The maximum absolute atomic E-state index is 9.17. The lowest BCUT2D eigenvalue weighted by molar-refractivity contribution is 0.414. The summed E-state index contributed by atoms with van der Waals surface area (Å²) in [6.07, 6.45) is 5.01. The van der Waals surface area contributed by atoms with Crippen LogP contribution in [0.25, 0.3) is 10.9 Å². The van der Waals surface area contributed by atoms with Crippen molar-refractivity contribution in [2.45, 2.75) is 6.54 Å². The second-order valence-corrected chi connectivity index (χ2v) is 4.39. The summed E-state index contributed by atoms with van der Waals surface area (Å²) in [5.74, 6) is 0.820. The zero-order valence-electron chi connectivity index (χ0n) is 10.9. The topological polar surface area (TPSA) is 63.7 Å². The monoisotopic (exact) mass is 264 g/mol. The summed E-state index contributed by atoms with van der Waals surface area (Å²) in [6.45, 7) is 0.603. The van der Waals surface area contributed by atoms with E-state index in [9.17, 15) is 0 Å². The summed E-state index contributed by atoms with van der Waals surface area (Å²) in [5, 5.41) is 14.4. The fraction of sp³-hybridized carbons (Fsp3) is 0.133. The van der Waals surface area contributed by atoms with E-state index in [1.165, 1.54) is 0 Å². The smallest absolute Gasteiger partial charge is 0.118 e. The predicted octanol–water partition coefficient (Wildman–Crippen LogP) is 2.36. The van der Waals surface area contributed by atoms with Crippen LogP contribution in [0.5, 0.6) is 5.75 Å². The third-order valence-corrected chi connectivity index (χ3v) is 3.15. The normalized spacial score (nSPS) is 10.4. The minimum atomic E-state index is 0.536. The number of pyridine rings is 1. The molecule has 0 spiro atoms. The van der Waals surface area contributed by atoms with Gasteiger partial charge in [0.2, 0.25) is 0 Å². The van der Waals surface area contributed by atoms with Crippen LogP contribution in [0.3, 0.4) is 0 Å². The Labute approximate surface area is 116 Å². The van der Waals surface area contributed by atoms with Crippen LogP contribution in [0.1, 0.15) is 11.1 Å². The van der Waals surface area contributed by atoms with Gasteiger partial charge in [-0.1, -0.05) is 12.1 Å². The third-order valence-electron chi connectivity index (χ3n) is 3.15. The molecule has 1 aromatic carbocycles. The third kappa shape index (κ3) is 2.08. The van der Waals surface area contributed by atoms with E-state index in [4.69, 9.17) is 10.00 Å². The average molecular weight is 264 g/mol. The van der Waals surface area contributed by atoms with Crippen LogP contribution >= 0.6 is 0 Å². The molecule has 20 heavy (non-hydrogen) atoms. The Morgan fingerprint density at radius 3 is 2.70 bits per heavy atom. The van der Waals surface area contributed by atoms with E-state index in [1.54, 1.807) is 25.7 Å². The molecule has 5 nitrogen and oxygen atoms in total. The Morgan fingerprint density at radius 1 is 1.20 bits per heavy atom. The number of benzene rings is 1. The number of hydrogen-bond acceptors (Lipinski definition) is 4. The predicted molar refractivity (Wildman–Crippen MR) is 74.3 cm³/mol. The van der Waals surface area contributed by atoms with Crippen LogP contribution in [0.2, 0.25) is 0 Å². The fourth-order valence-electron chi connectivity index (χ4n) is 2.15. The van der Waals surface area contributed by atoms with Crippen molar-refractivity contribution in [2.75, 3.05) is 7.11 Å². The SMILES string of the molecule is COc1ccc(Cn2ncc3cncc(C#N)c32)cc1. The van der Waals surface area contributed by atoms with Gasteiger partial charge >= 0.3 is 0 Å². The molecule has 0 saturated heterocycles. The number of aromatic nitrogens is 3. The zero-order valence-corrected chi connectivity index (χ0v) is 10.9. The summed E-state index contributed by atoms with van der Waals surface area (Å²) < 4.78 is 6.95. The molecule has 2 heterocycles. The Hall–Kier alpha value is -2.87. The van der Waals surface area contributed by atoms with Crippen molar-refractivity contribution in [3.8, 4) is 11.8 Å². The quantitative estimate of drug-likeness (QED) is 0.728. The lowest BCUT2D eigenvalue weighted by Crippen LogP contribution is -2.02. The molecule has 0 radical (unpaired) electrons. The van der Waals surface area contributed by atoms with Crippen LogP contribution in [0.4, 0.5) is 0 Å². The Kier molecular flexibility index (Phi) is 3.05. The molecule has 0 amide bonds. The first-order chi connectivity index (χ1) is 9.81. The molecule has 3 aromatic rings. The van der Waals surface area contributed by atoms with E-state index in [0.29, 0.717) is 12.1 Å². The standard InChI is InChI=1S/C15H12N4O/c1-20-14-4-2-11(3-5-14)10-19-15-12(6-16)7-17-8-13(15)9-18-19/h2-5,7-9H,10H2,1H3. The molecule has 0 aliphatic rings. The van der Waals surface area contributed by atoms with Gasteiger partial charge in [0.25, 0.3) is 0 Å². The largest absolute Gasteiger partial charge is 0.497 e.